The number of hydrogen-bond donors (Lipinski definition) is 1. The van der Waals surface area contributed by atoms with Gasteiger partial charge in [-0.25, -0.2) is 4.79 Å². The molecular formula is C19H19ClN2O4. The summed E-state index contributed by atoms with van der Waals surface area (Å²) >= 11 is 6.07. The largest absolute Gasteiger partial charge is 0.465 e. The lowest BCUT2D eigenvalue weighted by Crippen LogP contribution is -2.36. The van der Waals surface area contributed by atoms with Gasteiger partial charge in [0.15, 0.2) is 0 Å². The maximum absolute atomic E-state index is 12.4. The minimum absolute atomic E-state index is 0.183. The molecule has 1 N–H and O–H groups in total. The Morgan fingerprint density at radius 2 is 1.77 bits per heavy atom. The van der Waals surface area contributed by atoms with Gasteiger partial charge in [0.2, 0.25) is 11.8 Å². The number of rotatable bonds is 5. The third kappa shape index (κ3) is 4.83. The van der Waals surface area contributed by atoms with E-state index in [2.05, 4.69) is 10.1 Å². The van der Waals surface area contributed by atoms with Crippen molar-refractivity contribution in [2.24, 2.45) is 0 Å². The van der Waals surface area contributed by atoms with Crippen LogP contribution in [-0.4, -0.2) is 31.4 Å². The molecule has 0 bridgehead atoms. The smallest absolute Gasteiger partial charge is 0.337 e. The van der Waals surface area contributed by atoms with E-state index in [1.54, 1.807) is 12.1 Å². The number of hydrogen-bond acceptors (Lipinski definition) is 4. The molecule has 0 unspecified atom stereocenters. The number of benzene rings is 2. The molecule has 0 radical (unpaired) electrons. The van der Waals surface area contributed by atoms with Gasteiger partial charge < -0.3 is 15.0 Å². The van der Waals surface area contributed by atoms with Crippen LogP contribution in [0.3, 0.4) is 0 Å². The number of nitrogens with zero attached hydrogens (tertiary/aromatic N) is 1. The van der Waals surface area contributed by atoms with Crippen molar-refractivity contribution in [3.63, 3.8) is 0 Å². The summed E-state index contributed by atoms with van der Waals surface area (Å²) in [5.41, 5.74) is 2.20. The Morgan fingerprint density at radius 3 is 2.35 bits per heavy atom. The summed E-state index contributed by atoms with van der Waals surface area (Å²) in [4.78, 5) is 37.3. The van der Waals surface area contributed by atoms with Gasteiger partial charge in [-0.1, -0.05) is 29.3 Å². The van der Waals surface area contributed by atoms with Gasteiger partial charge >= 0.3 is 5.97 Å². The summed E-state index contributed by atoms with van der Waals surface area (Å²) in [5.74, 6) is -1.25. The summed E-state index contributed by atoms with van der Waals surface area (Å²) in [6, 6.07) is 11.7. The summed E-state index contributed by atoms with van der Waals surface area (Å²) in [6.45, 7) is 3.14. The zero-order valence-electron chi connectivity index (χ0n) is 14.7. The van der Waals surface area contributed by atoms with E-state index in [0.29, 0.717) is 5.69 Å². The van der Waals surface area contributed by atoms with Crippen LogP contribution < -0.4 is 10.2 Å². The molecule has 6 nitrogen and oxygen atoms in total. The number of carbonyl (C=O) groups excluding carboxylic acids is 3. The van der Waals surface area contributed by atoms with Gasteiger partial charge in [0.05, 0.1) is 23.4 Å². The van der Waals surface area contributed by atoms with Gasteiger partial charge in [0.1, 0.15) is 6.54 Å². The zero-order chi connectivity index (χ0) is 19.3. The number of amides is 2. The van der Waals surface area contributed by atoms with Crippen molar-refractivity contribution in [2.75, 3.05) is 23.9 Å². The molecule has 0 saturated heterocycles. The second-order valence-corrected chi connectivity index (χ2v) is 6.08. The number of methoxy groups -OCH3 is 1. The van der Waals surface area contributed by atoms with Crippen LogP contribution in [0.5, 0.6) is 0 Å². The van der Waals surface area contributed by atoms with Crippen LogP contribution in [0.4, 0.5) is 11.4 Å². The van der Waals surface area contributed by atoms with Crippen LogP contribution in [0.25, 0.3) is 0 Å². The quantitative estimate of drug-likeness (QED) is 0.813. The standard InChI is InChI=1S/C19H19ClN2O4/c1-12-4-7-15(8-5-12)22(13(2)23)11-18(24)21-17-10-14(19(25)26-3)6-9-16(17)20/h4-10H,11H2,1-3H3,(H,21,24). The predicted octanol–water partition coefficient (Wildman–Crippen LogP) is 3.43. The number of nitrogens with one attached hydrogen (secondary N) is 1. The van der Waals surface area contributed by atoms with Crippen molar-refractivity contribution in [3.8, 4) is 0 Å². The first-order valence-corrected chi connectivity index (χ1v) is 8.22. The molecule has 2 aromatic carbocycles. The second-order valence-electron chi connectivity index (χ2n) is 5.68. The number of esters is 1. The highest BCUT2D eigenvalue weighted by Gasteiger charge is 2.17. The fourth-order valence-corrected chi connectivity index (χ4v) is 2.47. The lowest BCUT2D eigenvalue weighted by molar-refractivity contribution is -0.120. The summed E-state index contributed by atoms with van der Waals surface area (Å²) in [5, 5.41) is 2.90. The summed E-state index contributed by atoms with van der Waals surface area (Å²) < 4.78 is 4.65. The molecule has 0 aliphatic carbocycles. The van der Waals surface area contributed by atoms with Crippen molar-refractivity contribution in [2.45, 2.75) is 13.8 Å². The number of aryl methyl sites for hydroxylation is 1. The highest BCUT2D eigenvalue weighted by molar-refractivity contribution is 6.34. The molecule has 2 rings (SSSR count). The van der Waals surface area contributed by atoms with Crippen LogP contribution >= 0.6 is 11.6 Å². The molecule has 26 heavy (non-hydrogen) atoms. The number of anilines is 2. The second kappa shape index (κ2) is 8.49. The van der Waals surface area contributed by atoms with Crippen LogP contribution in [0, 0.1) is 6.92 Å². The van der Waals surface area contributed by atoms with E-state index in [1.165, 1.54) is 37.1 Å². The van der Waals surface area contributed by atoms with Crippen molar-refractivity contribution in [1.29, 1.82) is 0 Å². The van der Waals surface area contributed by atoms with Crippen LogP contribution in [0.1, 0.15) is 22.8 Å². The summed E-state index contributed by atoms with van der Waals surface area (Å²) in [7, 11) is 1.27. The Labute approximate surface area is 156 Å². The van der Waals surface area contributed by atoms with Crippen LogP contribution in [0.15, 0.2) is 42.5 Å². The maximum atomic E-state index is 12.4. The normalized spacial score (nSPS) is 10.2. The molecule has 136 valence electrons. The van der Waals surface area contributed by atoms with Gasteiger partial charge in [-0.05, 0) is 37.3 Å². The van der Waals surface area contributed by atoms with E-state index in [9.17, 15) is 14.4 Å². The zero-order valence-corrected chi connectivity index (χ0v) is 15.5. The molecule has 0 aliphatic heterocycles. The van der Waals surface area contributed by atoms with E-state index in [1.807, 2.05) is 19.1 Å². The minimum atomic E-state index is -0.540. The SMILES string of the molecule is COC(=O)c1ccc(Cl)c(NC(=O)CN(C(C)=O)c2ccc(C)cc2)c1. The Hall–Kier alpha value is -2.86. The molecule has 0 saturated carbocycles. The van der Waals surface area contributed by atoms with Gasteiger partial charge in [-0.15, -0.1) is 0 Å². The van der Waals surface area contributed by atoms with Crippen molar-refractivity contribution in [3.05, 3.63) is 58.6 Å². The molecule has 0 heterocycles. The predicted molar refractivity (Wildman–Crippen MR) is 101 cm³/mol. The average molecular weight is 375 g/mol. The van der Waals surface area contributed by atoms with Crippen LogP contribution in [0.2, 0.25) is 5.02 Å². The third-order valence-electron chi connectivity index (χ3n) is 3.69. The topological polar surface area (TPSA) is 75.7 Å². The molecule has 2 aromatic rings. The Kier molecular flexibility index (Phi) is 6.36. The average Bonchev–Trinajstić information content (AvgIpc) is 2.61. The molecule has 0 atom stereocenters. The lowest BCUT2D eigenvalue weighted by Gasteiger charge is -2.21. The Balaban J connectivity index is 2.17. The van der Waals surface area contributed by atoms with E-state index < -0.39 is 11.9 Å². The minimum Gasteiger partial charge on any atom is -0.465 e. The van der Waals surface area contributed by atoms with E-state index >= 15 is 0 Å². The molecule has 0 aliphatic rings. The lowest BCUT2D eigenvalue weighted by atomic mass is 10.2. The number of carbonyl (C=O) groups is 3. The van der Waals surface area contributed by atoms with Gasteiger partial charge in [-0.2, -0.15) is 0 Å². The fourth-order valence-electron chi connectivity index (χ4n) is 2.31. The van der Waals surface area contributed by atoms with Gasteiger partial charge in [-0.3, -0.25) is 9.59 Å². The van der Waals surface area contributed by atoms with Crippen molar-refractivity contribution < 1.29 is 19.1 Å². The van der Waals surface area contributed by atoms with Gasteiger partial charge in [0, 0.05) is 12.6 Å². The molecule has 0 fully saturated rings. The molecule has 7 heteroatoms. The van der Waals surface area contributed by atoms with E-state index in [-0.39, 0.29) is 28.7 Å². The third-order valence-corrected chi connectivity index (χ3v) is 4.02. The highest BCUT2D eigenvalue weighted by atomic mass is 35.5. The maximum Gasteiger partial charge on any atom is 0.337 e. The first-order chi connectivity index (χ1) is 12.3. The molecular weight excluding hydrogens is 356 g/mol. The van der Waals surface area contributed by atoms with E-state index in [0.717, 1.165) is 5.56 Å². The van der Waals surface area contributed by atoms with Crippen LogP contribution in [-0.2, 0) is 14.3 Å². The number of ether oxygens (including phenoxy) is 1. The highest BCUT2D eigenvalue weighted by Crippen LogP contribution is 2.24. The number of halogens is 1. The molecule has 2 amide bonds. The first kappa shape index (κ1) is 19.5. The summed E-state index contributed by atoms with van der Waals surface area (Å²) in [6.07, 6.45) is 0. The van der Waals surface area contributed by atoms with Crippen molar-refractivity contribution >= 4 is 40.8 Å². The molecule has 0 spiro atoms. The Bertz CT molecular complexity index is 834. The van der Waals surface area contributed by atoms with Crippen molar-refractivity contribution in [1.82, 2.24) is 0 Å². The Morgan fingerprint density at radius 1 is 1.12 bits per heavy atom. The van der Waals surface area contributed by atoms with E-state index in [4.69, 9.17) is 11.6 Å². The first-order valence-electron chi connectivity index (χ1n) is 7.84. The monoisotopic (exact) mass is 374 g/mol. The van der Waals surface area contributed by atoms with Gasteiger partial charge in [0.25, 0.3) is 0 Å². The fraction of sp³-hybridized carbons (Fsp3) is 0.211. The molecule has 0 aromatic heterocycles.